The number of halogens is 2. The van der Waals surface area contributed by atoms with Crippen LogP contribution in [0.1, 0.15) is 77.8 Å². The highest BCUT2D eigenvalue weighted by atomic mass is 19.1. The lowest BCUT2D eigenvalue weighted by atomic mass is 9.88. The number of likely N-dealkylation sites (tertiary alicyclic amines) is 1. The number of alkyl halides is 1. The van der Waals surface area contributed by atoms with Crippen LogP contribution < -0.4 is 20.3 Å². The molecule has 57 heavy (non-hydrogen) atoms. The largest absolute Gasteiger partial charge is 0.504 e. The first kappa shape index (κ1) is 36.8. The molecule has 0 bridgehead atoms. The van der Waals surface area contributed by atoms with Crippen molar-refractivity contribution in [3.05, 3.63) is 82.6 Å². The van der Waals surface area contributed by atoms with Crippen molar-refractivity contribution >= 4 is 29.2 Å². The number of piperidine rings is 2. The van der Waals surface area contributed by atoms with Crippen molar-refractivity contribution < 1.29 is 33.0 Å². The van der Waals surface area contributed by atoms with Crippen molar-refractivity contribution in [2.75, 3.05) is 43.1 Å². The maximum absolute atomic E-state index is 14.9. The van der Waals surface area contributed by atoms with E-state index in [0.29, 0.717) is 74.3 Å². The summed E-state index contributed by atoms with van der Waals surface area (Å²) in [7, 11) is 0. The van der Waals surface area contributed by atoms with Gasteiger partial charge in [0.05, 0.1) is 35.4 Å². The van der Waals surface area contributed by atoms with Gasteiger partial charge in [-0.3, -0.25) is 24.6 Å². The highest BCUT2D eigenvalue weighted by Crippen LogP contribution is 2.44. The van der Waals surface area contributed by atoms with Gasteiger partial charge < -0.3 is 25.0 Å². The molecule has 9 rings (SSSR count). The fraction of sp³-hybridized carbons (Fsp3) is 0.439. The van der Waals surface area contributed by atoms with Crippen molar-refractivity contribution in [3.63, 3.8) is 0 Å². The first-order valence-corrected chi connectivity index (χ1v) is 19.6. The third-order valence-electron chi connectivity index (χ3n) is 12.2. The summed E-state index contributed by atoms with van der Waals surface area (Å²) in [5.41, 5.74) is 4.39. The Labute approximate surface area is 327 Å². The monoisotopic (exact) mass is 779 g/mol. The summed E-state index contributed by atoms with van der Waals surface area (Å²) in [4.78, 5) is 53.0. The van der Waals surface area contributed by atoms with E-state index in [1.807, 2.05) is 24.0 Å². The van der Waals surface area contributed by atoms with E-state index in [0.717, 1.165) is 54.5 Å². The second kappa shape index (κ2) is 14.6. The second-order valence-corrected chi connectivity index (χ2v) is 15.7. The van der Waals surface area contributed by atoms with Crippen LogP contribution in [0, 0.1) is 5.82 Å². The van der Waals surface area contributed by atoms with Gasteiger partial charge in [-0.1, -0.05) is 25.1 Å². The molecule has 296 valence electrons. The second-order valence-electron chi connectivity index (χ2n) is 15.7. The van der Waals surface area contributed by atoms with Gasteiger partial charge in [0.1, 0.15) is 24.5 Å². The molecule has 5 aliphatic heterocycles. The molecule has 0 radical (unpaired) electrons. The van der Waals surface area contributed by atoms with Crippen LogP contribution in [-0.2, 0) is 29.1 Å². The van der Waals surface area contributed by atoms with Gasteiger partial charge in [-0.25, -0.2) is 18.7 Å². The summed E-state index contributed by atoms with van der Waals surface area (Å²) >= 11 is 0. The lowest BCUT2D eigenvalue weighted by molar-refractivity contribution is -0.136. The van der Waals surface area contributed by atoms with Gasteiger partial charge in [0.25, 0.3) is 5.91 Å². The van der Waals surface area contributed by atoms with Crippen molar-refractivity contribution in [3.8, 4) is 22.9 Å². The Bertz CT molecular complexity index is 2270. The topological polar surface area (TPSA) is 166 Å². The van der Waals surface area contributed by atoms with Gasteiger partial charge in [-0.05, 0) is 80.1 Å². The molecule has 2 aromatic heterocycles. The Morgan fingerprint density at radius 2 is 1.89 bits per heavy atom. The van der Waals surface area contributed by atoms with E-state index in [1.54, 1.807) is 23.2 Å². The number of fused-ring (bicyclic) bond motifs is 4. The maximum atomic E-state index is 14.9. The molecule has 2 aromatic carbocycles. The number of ether oxygens (including phenoxy) is 1. The minimum atomic E-state index is -0.903. The summed E-state index contributed by atoms with van der Waals surface area (Å²) in [6, 6.07) is 11.4. The fourth-order valence-electron chi connectivity index (χ4n) is 9.09. The minimum Gasteiger partial charge on any atom is -0.504 e. The highest BCUT2D eigenvalue weighted by Gasteiger charge is 2.50. The number of benzene rings is 2. The normalized spacial score (nSPS) is 23.5. The Kier molecular flexibility index (Phi) is 9.45. The number of carbonyl (C=O) groups excluding carboxylic acids is 3. The number of phenols is 1. The van der Waals surface area contributed by atoms with Gasteiger partial charge in [0, 0.05) is 43.6 Å². The molecule has 0 spiro atoms. The number of imide groups is 1. The molecule has 5 aliphatic rings. The minimum absolute atomic E-state index is 0.155. The number of carbonyl (C=O) groups is 3. The van der Waals surface area contributed by atoms with Gasteiger partial charge in [0.15, 0.2) is 17.4 Å². The summed E-state index contributed by atoms with van der Waals surface area (Å²) in [6.45, 7) is 4.72. The molecule has 0 saturated carbocycles. The standard InChI is InChI=1S/C41H43F2N9O5/c1-2-31-39(57-27-16-41(21-42)22-45-37-34(52(41)20-27)15-32(48-49-37)28-4-3-5-30(43)36(28)54)44-17-26(46-31)19-50-12-10-23(11-13-50)24-6-7-25-18-51(40(56)29(25)14-24)33-8-9-35(53)47-38(33)55/h3-7,14-15,17,23,27,33,54H,2,8-13,16,18-22H2,1H3,(H,45,49)(H,47,53,55)/t27-,33+,41+/m1/s1. The first-order valence-electron chi connectivity index (χ1n) is 19.6. The Morgan fingerprint density at radius 3 is 2.68 bits per heavy atom. The van der Waals surface area contributed by atoms with Gasteiger partial charge >= 0.3 is 0 Å². The predicted molar refractivity (Wildman–Crippen MR) is 204 cm³/mol. The molecule has 0 aliphatic carbocycles. The number of phenolic OH excluding ortho intramolecular Hbond substituents is 1. The quantitative estimate of drug-likeness (QED) is 0.207. The third kappa shape index (κ3) is 6.68. The van der Waals surface area contributed by atoms with E-state index in [1.165, 1.54) is 6.07 Å². The molecular weight excluding hydrogens is 737 g/mol. The zero-order chi connectivity index (χ0) is 39.4. The predicted octanol–water partition coefficient (Wildman–Crippen LogP) is 4.27. The van der Waals surface area contributed by atoms with Crippen LogP contribution in [0.2, 0.25) is 0 Å². The summed E-state index contributed by atoms with van der Waals surface area (Å²) in [5, 5.41) is 24.4. The van der Waals surface area contributed by atoms with E-state index in [4.69, 9.17) is 14.7 Å². The van der Waals surface area contributed by atoms with Crippen molar-refractivity contribution in [2.45, 2.75) is 82.1 Å². The molecule has 0 unspecified atom stereocenters. The molecule has 3 fully saturated rings. The molecule has 3 N–H and O–H groups in total. The SMILES string of the molecule is CCc1nc(CN2CCC(c3ccc4c(c3)C(=O)N([C@H]3CCC(=O)NC3=O)C4)CC2)cnc1O[C@H]1CN2c3cc(-c4cccc(F)c4O)nnc3NC[C@@]2(CF)C1. The number of amides is 3. The number of nitrogens with one attached hydrogen (secondary N) is 2. The van der Waals surface area contributed by atoms with Crippen LogP contribution in [0.3, 0.4) is 0 Å². The molecule has 3 amide bonds. The number of aromatic nitrogens is 4. The lowest BCUT2D eigenvalue weighted by Gasteiger charge is -2.42. The molecule has 3 saturated heterocycles. The number of rotatable bonds is 9. The zero-order valence-corrected chi connectivity index (χ0v) is 31.5. The van der Waals surface area contributed by atoms with Crippen LogP contribution in [-0.4, -0.2) is 103 Å². The Morgan fingerprint density at radius 1 is 1.05 bits per heavy atom. The van der Waals surface area contributed by atoms with E-state index >= 15 is 0 Å². The Balaban J connectivity index is 0.831. The number of para-hydroxylation sites is 1. The van der Waals surface area contributed by atoms with Crippen molar-refractivity contribution in [2.24, 2.45) is 0 Å². The number of anilines is 2. The molecule has 16 heteroatoms. The summed E-state index contributed by atoms with van der Waals surface area (Å²) in [5.74, 6) is -0.955. The maximum Gasteiger partial charge on any atom is 0.255 e. The molecule has 14 nitrogen and oxygen atoms in total. The van der Waals surface area contributed by atoms with Crippen LogP contribution in [0.5, 0.6) is 11.6 Å². The number of aromatic hydroxyl groups is 1. The lowest BCUT2D eigenvalue weighted by Crippen LogP contribution is -2.54. The van der Waals surface area contributed by atoms with E-state index in [9.17, 15) is 28.3 Å². The summed E-state index contributed by atoms with van der Waals surface area (Å²) < 4.78 is 35.6. The number of hydrogen-bond acceptors (Lipinski definition) is 12. The third-order valence-corrected chi connectivity index (χ3v) is 12.2. The van der Waals surface area contributed by atoms with Crippen LogP contribution in [0.4, 0.5) is 20.3 Å². The van der Waals surface area contributed by atoms with Crippen molar-refractivity contribution in [1.82, 2.24) is 35.3 Å². The van der Waals surface area contributed by atoms with Crippen molar-refractivity contribution in [1.29, 1.82) is 0 Å². The number of nitrogens with zero attached hydrogens (tertiary/aromatic N) is 7. The van der Waals surface area contributed by atoms with E-state index in [2.05, 4.69) is 31.8 Å². The fourth-order valence-corrected chi connectivity index (χ4v) is 9.09. The number of hydrogen-bond donors (Lipinski definition) is 3. The van der Waals surface area contributed by atoms with Crippen LogP contribution in [0.15, 0.2) is 48.7 Å². The highest BCUT2D eigenvalue weighted by molar-refractivity contribution is 6.05. The van der Waals surface area contributed by atoms with Gasteiger partial charge in [0.2, 0.25) is 17.7 Å². The average Bonchev–Trinajstić information content (AvgIpc) is 3.76. The molecular formula is C41H43F2N9O5. The molecule has 4 aromatic rings. The smallest absolute Gasteiger partial charge is 0.255 e. The van der Waals surface area contributed by atoms with Crippen LogP contribution in [0.25, 0.3) is 11.3 Å². The first-order chi connectivity index (χ1) is 27.6. The molecule has 7 heterocycles. The van der Waals surface area contributed by atoms with E-state index < -0.39 is 41.8 Å². The van der Waals surface area contributed by atoms with Gasteiger partial charge in [-0.15, -0.1) is 10.2 Å². The van der Waals surface area contributed by atoms with E-state index in [-0.39, 0.29) is 29.5 Å². The number of aryl methyl sites for hydroxylation is 1. The Hall–Kier alpha value is -5.77. The summed E-state index contributed by atoms with van der Waals surface area (Å²) in [6.07, 6.45) is 4.75. The zero-order valence-electron chi connectivity index (χ0n) is 31.5. The average molecular weight is 780 g/mol. The van der Waals surface area contributed by atoms with Crippen LogP contribution >= 0.6 is 0 Å². The molecule has 3 atom stereocenters. The van der Waals surface area contributed by atoms with Gasteiger partial charge in [-0.2, -0.15) is 0 Å².